The van der Waals surface area contributed by atoms with E-state index in [1.807, 2.05) is 31.7 Å². The van der Waals surface area contributed by atoms with E-state index in [4.69, 9.17) is 0 Å². The zero-order chi connectivity index (χ0) is 26.3. The van der Waals surface area contributed by atoms with E-state index in [-0.39, 0.29) is 59.5 Å². The monoisotopic (exact) mass is 532 g/mol. The van der Waals surface area contributed by atoms with Crippen molar-refractivity contribution in [1.82, 2.24) is 20.0 Å². The van der Waals surface area contributed by atoms with E-state index in [2.05, 4.69) is 55.3 Å². The van der Waals surface area contributed by atoms with Gasteiger partial charge in [-0.05, 0) is 44.6 Å². The molecular weight excluding hydrogens is 488 g/mol. The van der Waals surface area contributed by atoms with Gasteiger partial charge in [-0.15, -0.1) is 12.4 Å². The number of halogens is 1. The number of Topliss-reactive ketones (excluding diaryl/α,β-unsaturated/α-hetero) is 1. The number of likely N-dealkylation sites (N-methyl/N-ethyl adjacent to an activating group) is 1. The molecule has 206 valence electrons. The van der Waals surface area contributed by atoms with Crippen LogP contribution in [0.1, 0.15) is 72.3 Å². The summed E-state index contributed by atoms with van der Waals surface area (Å²) < 4.78 is 0. The number of urea groups is 1. The van der Waals surface area contributed by atoms with E-state index < -0.39 is 5.54 Å². The Hall–Kier alpha value is -1.96. The number of nitrogens with one attached hydrogen (secondary N) is 1. The molecule has 3 fully saturated rings. The lowest BCUT2D eigenvalue weighted by atomic mass is 9.76. The molecule has 3 amide bonds. The van der Waals surface area contributed by atoms with Crippen molar-refractivity contribution >= 4 is 30.1 Å². The number of hydrogen-bond acceptors (Lipinski definition) is 5. The SMILES string of the molecule is CCN1C(=O)N(C(C)C)C2(CCN(C(C(=O)CC(C)(C)C)C3CNCC3c3ccccc3)CC2)C1=O.Cl. The minimum atomic E-state index is -0.790. The Morgan fingerprint density at radius 2 is 1.70 bits per heavy atom. The third-order valence-electron chi connectivity index (χ3n) is 8.32. The summed E-state index contributed by atoms with van der Waals surface area (Å²) >= 11 is 0. The van der Waals surface area contributed by atoms with Gasteiger partial charge in [0.15, 0.2) is 5.78 Å². The van der Waals surface area contributed by atoms with Crippen molar-refractivity contribution in [3.05, 3.63) is 35.9 Å². The van der Waals surface area contributed by atoms with Crippen molar-refractivity contribution in [2.24, 2.45) is 11.3 Å². The summed E-state index contributed by atoms with van der Waals surface area (Å²) in [6.45, 7) is 15.5. The molecule has 37 heavy (non-hydrogen) atoms. The number of carbonyl (C=O) groups excluding carboxylic acids is 3. The molecule has 1 N–H and O–H groups in total. The molecule has 7 nitrogen and oxygen atoms in total. The maximum Gasteiger partial charge on any atom is 0.327 e. The van der Waals surface area contributed by atoms with Gasteiger partial charge in [0.1, 0.15) is 5.54 Å². The second kappa shape index (κ2) is 11.4. The molecule has 0 aliphatic carbocycles. The summed E-state index contributed by atoms with van der Waals surface area (Å²) in [7, 11) is 0. The lowest BCUT2D eigenvalue weighted by Crippen LogP contribution is -2.61. The topological polar surface area (TPSA) is 73.0 Å². The first kappa shape index (κ1) is 29.6. The molecule has 1 spiro atoms. The third-order valence-corrected chi connectivity index (χ3v) is 8.32. The highest BCUT2D eigenvalue weighted by atomic mass is 35.5. The summed E-state index contributed by atoms with van der Waals surface area (Å²) in [5.74, 6) is 0.669. The first-order valence-electron chi connectivity index (χ1n) is 13.7. The molecule has 0 aromatic heterocycles. The summed E-state index contributed by atoms with van der Waals surface area (Å²) in [4.78, 5) is 46.1. The van der Waals surface area contributed by atoms with Gasteiger partial charge in [-0.1, -0.05) is 51.1 Å². The molecule has 0 bridgehead atoms. The molecule has 1 aromatic carbocycles. The van der Waals surface area contributed by atoms with Crippen LogP contribution < -0.4 is 5.32 Å². The number of rotatable bonds is 7. The quantitative estimate of drug-likeness (QED) is 0.530. The molecule has 3 heterocycles. The van der Waals surface area contributed by atoms with Crippen LogP contribution in [0.15, 0.2) is 30.3 Å². The number of amides is 3. The normalized spacial score (nSPS) is 25.2. The fraction of sp³-hybridized carbons (Fsp3) is 0.690. The predicted molar refractivity (Wildman–Crippen MR) is 149 cm³/mol. The first-order valence-corrected chi connectivity index (χ1v) is 13.7. The zero-order valence-corrected chi connectivity index (χ0v) is 24.1. The first-order chi connectivity index (χ1) is 17.0. The Kier molecular flexibility index (Phi) is 9.14. The van der Waals surface area contributed by atoms with E-state index in [1.165, 1.54) is 10.5 Å². The molecular formula is C29H45ClN4O3. The minimum absolute atomic E-state index is 0. The minimum Gasteiger partial charge on any atom is -0.316 e. The number of likely N-dealkylation sites (tertiary alicyclic amines) is 1. The average Bonchev–Trinajstić information content (AvgIpc) is 3.36. The molecule has 3 aliphatic heterocycles. The number of carbonyl (C=O) groups is 3. The largest absolute Gasteiger partial charge is 0.327 e. The number of ketones is 1. The summed E-state index contributed by atoms with van der Waals surface area (Å²) in [5.41, 5.74) is 0.392. The van der Waals surface area contributed by atoms with Crippen LogP contribution in [-0.2, 0) is 9.59 Å². The van der Waals surface area contributed by atoms with Crippen LogP contribution >= 0.6 is 12.4 Å². The van der Waals surface area contributed by atoms with Crippen LogP contribution in [0, 0.1) is 11.3 Å². The van der Waals surface area contributed by atoms with Gasteiger partial charge in [0, 0.05) is 57.0 Å². The van der Waals surface area contributed by atoms with Crippen LogP contribution in [-0.4, -0.2) is 82.8 Å². The highest BCUT2D eigenvalue weighted by molar-refractivity contribution is 6.07. The fourth-order valence-electron chi connectivity index (χ4n) is 6.81. The van der Waals surface area contributed by atoms with Crippen LogP contribution in [0.4, 0.5) is 4.79 Å². The van der Waals surface area contributed by atoms with E-state index in [0.717, 1.165) is 13.1 Å². The lowest BCUT2D eigenvalue weighted by molar-refractivity contribution is -0.138. The summed E-state index contributed by atoms with van der Waals surface area (Å²) in [6.07, 6.45) is 1.67. The van der Waals surface area contributed by atoms with Gasteiger partial charge in [-0.25, -0.2) is 4.79 Å². The van der Waals surface area contributed by atoms with Crippen molar-refractivity contribution in [2.45, 2.75) is 84.3 Å². The molecule has 3 atom stereocenters. The predicted octanol–water partition coefficient (Wildman–Crippen LogP) is 4.31. The lowest BCUT2D eigenvalue weighted by Gasteiger charge is -2.47. The number of benzene rings is 1. The second-order valence-electron chi connectivity index (χ2n) is 12.4. The second-order valence-corrected chi connectivity index (χ2v) is 12.4. The smallest absolute Gasteiger partial charge is 0.316 e. The molecule has 4 rings (SSSR count). The van der Waals surface area contributed by atoms with Crippen molar-refractivity contribution in [3.8, 4) is 0 Å². The van der Waals surface area contributed by atoms with Crippen LogP contribution in [0.25, 0.3) is 0 Å². The fourth-order valence-corrected chi connectivity index (χ4v) is 6.81. The van der Waals surface area contributed by atoms with Crippen LogP contribution in [0.3, 0.4) is 0 Å². The molecule has 0 saturated carbocycles. The van der Waals surface area contributed by atoms with Crippen molar-refractivity contribution in [2.75, 3.05) is 32.7 Å². The Morgan fingerprint density at radius 3 is 2.24 bits per heavy atom. The zero-order valence-electron chi connectivity index (χ0n) is 23.3. The highest BCUT2D eigenvalue weighted by Gasteiger charge is 2.59. The van der Waals surface area contributed by atoms with Gasteiger partial charge in [0.05, 0.1) is 6.04 Å². The summed E-state index contributed by atoms with van der Waals surface area (Å²) in [6, 6.07) is 10.1. The Bertz CT molecular complexity index is 969. The Morgan fingerprint density at radius 1 is 1.08 bits per heavy atom. The molecule has 3 saturated heterocycles. The van der Waals surface area contributed by atoms with Gasteiger partial charge in [-0.2, -0.15) is 0 Å². The van der Waals surface area contributed by atoms with E-state index >= 15 is 0 Å². The number of nitrogens with zero attached hydrogens (tertiary/aromatic N) is 3. The third kappa shape index (κ3) is 5.59. The van der Waals surface area contributed by atoms with Crippen molar-refractivity contribution in [1.29, 1.82) is 0 Å². The van der Waals surface area contributed by atoms with Crippen molar-refractivity contribution < 1.29 is 14.4 Å². The van der Waals surface area contributed by atoms with Crippen LogP contribution in [0.2, 0.25) is 0 Å². The van der Waals surface area contributed by atoms with Crippen LogP contribution in [0.5, 0.6) is 0 Å². The van der Waals surface area contributed by atoms with E-state index in [1.54, 1.807) is 0 Å². The molecule has 0 radical (unpaired) electrons. The maximum atomic E-state index is 13.9. The Balaban J connectivity index is 0.00000380. The van der Waals surface area contributed by atoms with Gasteiger partial charge >= 0.3 is 6.03 Å². The van der Waals surface area contributed by atoms with E-state index in [0.29, 0.717) is 38.9 Å². The number of hydrogen-bond donors (Lipinski definition) is 1. The van der Waals surface area contributed by atoms with Gasteiger partial charge in [0.2, 0.25) is 0 Å². The van der Waals surface area contributed by atoms with Gasteiger partial charge in [0.25, 0.3) is 5.91 Å². The molecule has 8 heteroatoms. The Labute approximate surface area is 228 Å². The molecule has 3 unspecified atom stereocenters. The van der Waals surface area contributed by atoms with Crippen molar-refractivity contribution in [3.63, 3.8) is 0 Å². The van der Waals surface area contributed by atoms with Gasteiger partial charge in [-0.3, -0.25) is 19.4 Å². The standard InChI is InChI=1S/C29H44N4O3.ClH/c1-7-32-26(35)29(33(20(2)3)27(32)36)13-15-31(16-14-29)25(24(34)17-28(4,5)6)23-19-30-18-22(23)21-11-9-8-10-12-21;/h8-12,20,22-23,25,30H,7,13-19H2,1-6H3;1H. The number of piperidine rings is 1. The molecule has 1 aromatic rings. The molecule has 3 aliphatic rings. The number of imide groups is 1. The van der Waals surface area contributed by atoms with E-state index in [9.17, 15) is 14.4 Å². The maximum absolute atomic E-state index is 13.9. The highest BCUT2D eigenvalue weighted by Crippen LogP contribution is 2.41. The average molecular weight is 533 g/mol. The summed E-state index contributed by atoms with van der Waals surface area (Å²) in [5, 5.41) is 3.56. The van der Waals surface area contributed by atoms with Gasteiger partial charge < -0.3 is 10.2 Å².